The van der Waals surface area contributed by atoms with E-state index in [1.807, 2.05) is 0 Å². The van der Waals surface area contributed by atoms with E-state index in [1.54, 1.807) is 12.3 Å². The summed E-state index contributed by atoms with van der Waals surface area (Å²) in [5.41, 5.74) is 6.79. The number of thiazole rings is 1. The van der Waals surface area contributed by atoms with Gasteiger partial charge in [0.1, 0.15) is 15.8 Å². The number of alkyl halides is 4. The molecule has 10 heteroatoms. The summed E-state index contributed by atoms with van der Waals surface area (Å²) in [6, 6.07) is 0. The lowest BCUT2D eigenvalue weighted by atomic mass is 10.3. The maximum Gasteiger partial charge on any atom is 0.324 e. The molecule has 0 aliphatic heterocycles. The lowest BCUT2D eigenvalue weighted by molar-refractivity contribution is -0.117. The number of nitrogens with zero attached hydrogens (tertiary/aromatic N) is 2. The van der Waals surface area contributed by atoms with E-state index in [-0.39, 0.29) is 10.8 Å². The number of anilines is 2. The lowest BCUT2D eigenvalue weighted by Crippen LogP contribution is -2.34. The smallest absolute Gasteiger partial charge is 0.324 e. The summed E-state index contributed by atoms with van der Waals surface area (Å²) < 4.78 is 53.9. The Hall–Kier alpha value is -1.42. The highest BCUT2D eigenvalue weighted by molar-refractivity contribution is 7.15. The van der Waals surface area contributed by atoms with Gasteiger partial charge < -0.3 is 11.1 Å². The third-order valence-electron chi connectivity index (χ3n) is 2.36. The highest BCUT2D eigenvalue weighted by Gasteiger charge is 2.40. The molecule has 2 heterocycles. The van der Waals surface area contributed by atoms with Crippen LogP contribution in [-0.4, -0.2) is 28.3 Å². The second-order valence-corrected chi connectivity index (χ2v) is 5.61. The van der Waals surface area contributed by atoms with Crippen molar-refractivity contribution in [2.75, 3.05) is 17.6 Å². The Balaban J connectivity index is 2.22. The van der Waals surface area contributed by atoms with Crippen LogP contribution in [-0.2, 0) is 0 Å². The molecule has 0 aromatic carbocycles. The third-order valence-corrected chi connectivity index (χ3v) is 4.15. The summed E-state index contributed by atoms with van der Waals surface area (Å²) in [5.74, 6) is -3.98. The first kappa shape index (κ1) is 15.0. The maximum atomic E-state index is 12.9. The van der Waals surface area contributed by atoms with Crippen molar-refractivity contribution in [1.82, 2.24) is 9.36 Å². The van der Waals surface area contributed by atoms with Gasteiger partial charge >= 0.3 is 12.3 Å². The van der Waals surface area contributed by atoms with Crippen molar-refractivity contribution in [3.63, 3.8) is 0 Å². The molecule has 0 saturated carbocycles. The number of nitrogen functional groups attached to an aromatic ring is 1. The Morgan fingerprint density at radius 1 is 1.45 bits per heavy atom. The Labute approximate surface area is 119 Å². The van der Waals surface area contributed by atoms with Crippen LogP contribution >= 0.6 is 22.9 Å². The van der Waals surface area contributed by atoms with Gasteiger partial charge in [-0.05, 0) is 18.5 Å². The SMILES string of the molecule is Cc1csc(-c2c(N)nsc2NCC(F)(F)C(F)F)n1. The van der Waals surface area contributed by atoms with Crippen LogP contribution in [0.15, 0.2) is 5.38 Å². The zero-order valence-corrected chi connectivity index (χ0v) is 11.8. The molecule has 0 atom stereocenters. The zero-order chi connectivity index (χ0) is 14.9. The molecular formula is C10H10F4N4S2. The molecule has 3 N–H and O–H groups in total. The van der Waals surface area contributed by atoms with Crippen LogP contribution in [0.4, 0.5) is 28.4 Å². The summed E-state index contributed by atoms with van der Waals surface area (Å²) in [4.78, 5) is 4.18. The highest BCUT2D eigenvalue weighted by Crippen LogP contribution is 2.39. The monoisotopic (exact) mass is 326 g/mol. The molecule has 0 unspecified atom stereocenters. The van der Waals surface area contributed by atoms with E-state index < -0.39 is 18.9 Å². The summed E-state index contributed by atoms with van der Waals surface area (Å²) in [6.07, 6.45) is -3.73. The molecule has 0 aliphatic carbocycles. The number of aromatic nitrogens is 2. The number of halogens is 4. The van der Waals surface area contributed by atoms with Gasteiger partial charge in [-0.3, -0.25) is 0 Å². The van der Waals surface area contributed by atoms with Crippen molar-refractivity contribution >= 4 is 33.7 Å². The summed E-state index contributed by atoms with van der Waals surface area (Å²) in [6.45, 7) is 0.581. The van der Waals surface area contributed by atoms with E-state index in [2.05, 4.69) is 14.7 Å². The highest BCUT2D eigenvalue weighted by atomic mass is 32.1. The number of hydrogen-bond donors (Lipinski definition) is 2. The van der Waals surface area contributed by atoms with E-state index in [0.29, 0.717) is 10.6 Å². The second kappa shape index (κ2) is 5.52. The molecule has 2 aromatic heterocycles. The molecule has 20 heavy (non-hydrogen) atoms. The molecule has 0 radical (unpaired) electrons. The van der Waals surface area contributed by atoms with E-state index >= 15 is 0 Å². The van der Waals surface area contributed by atoms with Crippen molar-refractivity contribution in [3.8, 4) is 10.6 Å². The van der Waals surface area contributed by atoms with Crippen LogP contribution in [0, 0.1) is 6.92 Å². The topological polar surface area (TPSA) is 63.8 Å². The number of aryl methyl sites for hydroxylation is 1. The summed E-state index contributed by atoms with van der Waals surface area (Å²) in [5, 5.41) is 4.76. The normalized spacial score (nSPS) is 12.1. The predicted molar refractivity (Wildman–Crippen MR) is 71.8 cm³/mol. The number of hydrogen-bond acceptors (Lipinski definition) is 6. The fourth-order valence-electron chi connectivity index (χ4n) is 1.37. The Morgan fingerprint density at radius 3 is 2.70 bits per heavy atom. The molecule has 0 saturated heterocycles. The summed E-state index contributed by atoms with van der Waals surface area (Å²) >= 11 is 2.11. The largest absolute Gasteiger partial charge is 0.382 e. The number of nitrogens with two attached hydrogens (primary N) is 1. The minimum atomic E-state index is -4.12. The van der Waals surface area contributed by atoms with Gasteiger partial charge in [0.2, 0.25) is 0 Å². The average Bonchev–Trinajstić information content (AvgIpc) is 2.93. The molecule has 110 valence electrons. The fraction of sp³-hybridized carbons (Fsp3) is 0.400. The lowest BCUT2D eigenvalue weighted by Gasteiger charge is -2.15. The van der Waals surface area contributed by atoms with Gasteiger partial charge in [0, 0.05) is 11.1 Å². The van der Waals surface area contributed by atoms with Crippen LogP contribution in [0.3, 0.4) is 0 Å². The van der Waals surface area contributed by atoms with E-state index in [4.69, 9.17) is 5.73 Å². The molecule has 0 spiro atoms. The minimum absolute atomic E-state index is 0.132. The number of rotatable bonds is 5. The molecule has 2 aromatic rings. The quantitative estimate of drug-likeness (QED) is 0.826. The van der Waals surface area contributed by atoms with Crippen molar-refractivity contribution < 1.29 is 17.6 Å². The van der Waals surface area contributed by atoms with E-state index in [9.17, 15) is 17.6 Å². The van der Waals surface area contributed by atoms with Crippen LogP contribution in [0.2, 0.25) is 0 Å². The van der Waals surface area contributed by atoms with E-state index in [1.165, 1.54) is 11.3 Å². The standard InChI is InChI=1S/C10H10F4N4S2/c1-4-2-19-8(17-4)5-6(15)18-20-7(5)16-3-10(13,14)9(11)12/h2,9,16H,3H2,1H3,(H2,15,18). The van der Waals surface area contributed by atoms with Crippen molar-refractivity contribution in [2.45, 2.75) is 19.3 Å². The van der Waals surface area contributed by atoms with Crippen molar-refractivity contribution in [3.05, 3.63) is 11.1 Å². The molecule has 4 nitrogen and oxygen atoms in total. The van der Waals surface area contributed by atoms with Gasteiger partial charge in [0.25, 0.3) is 0 Å². The third kappa shape index (κ3) is 3.01. The molecule has 0 aliphatic rings. The Kier molecular flexibility index (Phi) is 4.14. The van der Waals surface area contributed by atoms with Gasteiger partial charge in [0.05, 0.1) is 12.1 Å². The van der Waals surface area contributed by atoms with Crippen molar-refractivity contribution in [2.24, 2.45) is 0 Å². The van der Waals surface area contributed by atoms with Crippen LogP contribution in [0.1, 0.15) is 5.69 Å². The number of nitrogens with one attached hydrogen (secondary N) is 1. The molecule has 2 rings (SSSR count). The molecular weight excluding hydrogens is 316 g/mol. The van der Waals surface area contributed by atoms with Crippen molar-refractivity contribution in [1.29, 1.82) is 0 Å². The maximum absolute atomic E-state index is 12.9. The molecule has 0 bridgehead atoms. The molecule has 0 fully saturated rings. The van der Waals surface area contributed by atoms with Gasteiger partial charge in [-0.2, -0.15) is 13.2 Å². The van der Waals surface area contributed by atoms with Gasteiger partial charge in [-0.1, -0.05) is 0 Å². The predicted octanol–water partition coefficient (Wildman–Crippen LogP) is 3.47. The average molecular weight is 326 g/mol. The second-order valence-electron chi connectivity index (χ2n) is 3.98. The summed E-state index contributed by atoms with van der Waals surface area (Å²) in [7, 11) is 0. The first-order chi connectivity index (χ1) is 9.31. The van der Waals surface area contributed by atoms with Crippen LogP contribution < -0.4 is 11.1 Å². The van der Waals surface area contributed by atoms with Gasteiger partial charge in [0.15, 0.2) is 0 Å². The first-order valence-electron chi connectivity index (χ1n) is 5.38. The first-order valence-corrected chi connectivity index (χ1v) is 7.04. The zero-order valence-electron chi connectivity index (χ0n) is 10.2. The van der Waals surface area contributed by atoms with Crippen LogP contribution in [0.25, 0.3) is 10.6 Å². The van der Waals surface area contributed by atoms with E-state index in [0.717, 1.165) is 17.2 Å². The minimum Gasteiger partial charge on any atom is -0.382 e. The Morgan fingerprint density at radius 2 is 2.15 bits per heavy atom. The van der Waals surface area contributed by atoms with Crippen LogP contribution in [0.5, 0.6) is 0 Å². The van der Waals surface area contributed by atoms with Gasteiger partial charge in [-0.15, -0.1) is 11.3 Å². The molecule has 0 amide bonds. The Bertz CT molecular complexity index is 596. The van der Waals surface area contributed by atoms with Gasteiger partial charge in [-0.25, -0.2) is 13.8 Å². The fourth-order valence-corrected chi connectivity index (χ4v) is 3.00.